The van der Waals surface area contributed by atoms with E-state index in [-0.39, 0.29) is 11.7 Å². The maximum Gasteiger partial charge on any atom is 0.272 e. The fourth-order valence-corrected chi connectivity index (χ4v) is 4.87. The number of nitrogens with zero attached hydrogens (tertiary/aromatic N) is 3. The first-order valence-corrected chi connectivity index (χ1v) is 9.10. The Labute approximate surface area is 142 Å². The third-order valence-corrected chi connectivity index (χ3v) is 6.08. The predicted octanol–water partition coefficient (Wildman–Crippen LogP) is 3.83. The lowest BCUT2D eigenvalue weighted by Crippen LogP contribution is -2.38. The lowest BCUT2D eigenvalue weighted by molar-refractivity contribution is 0.0697. The zero-order valence-corrected chi connectivity index (χ0v) is 13.8. The van der Waals surface area contributed by atoms with Crippen molar-refractivity contribution in [2.75, 3.05) is 6.54 Å². The van der Waals surface area contributed by atoms with E-state index in [1.54, 1.807) is 12.1 Å². The highest BCUT2D eigenvalue weighted by Gasteiger charge is 2.41. The van der Waals surface area contributed by atoms with Crippen LogP contribution in [0.1, 0.15) is 29.8 Å². The fourth-order valence-electron chi connectivity index (χ4n) is 4.02. The Bertz CT molecular complexity index is 930. The van der Waals surface area contributed by atoms with Gasteiger partial charge in [0, 0.05) is 29.7 Å². The SMILES string of the molecule is O=C(c1csc2nc(-c3ccc(F)cc3)cn12)N1C[C@H]2CC[C@@H]1C2. The van der Waals surface area contributed by atoms with Gasteiger partial charge in [0.1, 0.15) is 11.5 Å². The summed E-state index contributed by atoms with van der Waals surface area (Å²) in [5.74, 6) is 0.530. The average molecular weight is 341 g/mol. The van der Waals surface area contributed by atoms with Gasteiger partial charge < -0.3 is 4.90 Å². The van der Waals surface area contributed by atoms with Crippen LogP contribution in [0.5, 0.6) is 0 Å². The van der Waals surface area contributed by atoms with E-state index >= 15 is 0 Å². The summed E-state index contributed by atoms with van der Waals surface area (Å²) in [6, 6.07) is 6.69. The first kappa shape index (κ1) is 14.2. The van der Waals surface area contributed by atoms with Crippen molar-refractivity contribution in [3.05, 3.63) is 47.4 Å². The average Bonchev–Trinajstić information content (AvgIpc) is 3.34. The smallest absolute Gasteiger partial charge is 0.272 e. The molecule has 1 saturated heterocycles. The summed E-state index contributed by atoms with van der Waals surface area (Å²) in [5, 5.41) is 1.89. The van der Waals surface area contributed by atoms with Crippen LogP contribution in [0, 0.1) is 11.7 Å². The molecular formula is C18H16FN3OS. The molecule has 1 aliphatic heterocycles. The number of halogens is 1. The Morgan fingerprint density at radius 3 is 2.79 bits per heavy atom. The molecule has 4 nitrogen and oxygen atoms in total. The van der Waals surface area contributed by atoms with Crippen LogP contribution in [0.25, 0.3) is 16.2 Å². The van der Waals surface area contributed by atoms with Gasteiger partial charge in [0.2, 0.25) is 0 Å². The van der Waals surface area contributed by atoms with E-state index in [4.69, 9.17) is 0 Å². The second-order valence-electron chi connectivity index (χ2n) is 6.70. The van der Waals surface area contributed by atoms with Crippen LogP contribution >= 0.6 is 11.3 Å². The van der Waals surface area contributed by atoms with E-state index in [1.165, 1.54) is 29.9 Å². The van der Waals surface area contributed by atoms with Crippen molar-refractivity contribution in [3.8, 4) is 11.3 Å². The molecule has 0 N–H and O–H groups in total. The molecule has 2 bridgehead atoms. The van der Waals surface area contributed by atoms with Gasteiger partial charge in [-0.1, -0.05) is 0 Å². The van der Waals surface area contributed by atoms with E-state index in [0.29, 0.717) is 17.7 Å². The van der Waals surface area contributed by atoms with Crippen LogP contribution in [-0.4, -0.2) is 32.8 Å². The minimum Gasteiger partial charge on any atom is -0.334 e. The number of thiazole rings is 1. The first-order valence-electron chi connectivity index (χ1n) is 8.22. The normalized spacial score (nSPS) is 22.6. The zero-order chi connectivity index (χ0) is 16.3. The number of aromatic nitrogens is 2. The number of carbonyl (C=O) groups is 1. The van der Waals surface area contributed by atoms with Crippen LogP contribution in [-0.2, 0) is 0 Å². The third kappa shape index (κ3) is 2.09. The topological polar surface area (TPSA) is 37.6 Å². The quantitative estimate of drug-likeness (QED) is 0.710. The highest BCUT2D eigenvalue weighted by Crippen LogP contribution is 2.38. The molecule has 1 aromatic carbocycles. The molecule has 1 amide bonds. The summed E-state index contributed by atoms with van der Waals surface area (Å²) >= 11 is 1.47. The molecule has 0 spiro atoms. The maximum atomic E-state index is 13.1. The van der Waals surface area contributed by atoms with Gasteiger partial charge >= 0.3 is 0 Å². The molecule has 2 aromatic heterocycles. The predicted molar refractivity (Wildman–Crippen MR) is 90.6 cm³/mol. The number of rotatable bonds is 2. The van der Waals surface area contributed by atoms with E-state index < -0.39 is 0 Å². The number of benzene rings is 1. The van der Waals surface area contributed by atoms with Gasteiger partial charge in [-0.2, -0.15) is 0 Å². The minimum absolute atomic E-state index is 0.108. The van der Waals surface area contributed by atoms with Crippen LogP contribution in [0.15, 0.2) is 35.8 Å². The standard InChI is InChI=1S/C18H16FN3OS/c19-13-4-2-12(3-5-13)15-9-22-16(10-24-18(22)20-15)17(23)21-8-11-1-6-14(21)7-11/h2-5,9-11,14H,1,6-8H2/t11-,14+/m0/s1. The molecule has 1 saturated carbocycles. The Hall–Kier alpha value is -2.21. The van der Waals surface area contributed by atoms with Gasteiger partial charge in [0.25, 0.3) is 5.91 Å². The van der Waals surface area contributed by atoms with Gasteiger partial charge in [-0.3, -0.25) is 9.20 Å². The number of amides is 1. The molecule has 0 radical (unpaired) electrons. The van der Waals surface area contributed by atoms with Crippen LogP contribution < -0.4 is 0 Å². The highest BCUT2D eigenvalue weighted by molar-refractivity contribution is 7.15. The van der Waals surface area contributed by atoms with Crippen LogP contribution in [0.2, 0.25) is 0 Å². The van der Waals surface area contributed by atoms with Crippen molar-refractivity contribution in [2.45, 2.75) is 25.3 Å². The maximum absolute atomic E-state index is 13.1. The Morgan fingerprint density at radius 1 is 1.25 bits per heavy atom. The summed E-state index contributed by atoms with van der Waals surface area (Å²) in [7, 11) is 0. The summed E-state index contributed by atoms with van der Waals surface area (Å²) in [4.78, 5) is 20.3. The van der Waals surface area contributed by atoms with Crippen molar-refractivity contribution in [3.63, 3.8) is 0 Å². The largest absolute Gasteiger partial charge is 0.334 e. The first-order chi connectivity index (χ1) is 11.7. The van der Waals surface area contributed by atoms with Gasteiger partial charge in [-0.05, 0) is 49.4 Å². The van der Waals surface area contributed by atoms with Crippen molar-refractivity contribution in [2.24, 2.45) is 5.92 Å². The lowest BCUT2D eigenvalue weighted by atomic mass is 10.1. The van der Waals surface area contributed by atoms with Gasteiger partial charge in [0.05, 0.1) is 5.69 Å². The Kier molecular flexibility index (Phi) is 3.03. The van der Waals surface area contributed by atoms with E-state index in [0.717, 1.165) is 35.6 Å². The second kappa shape index (κ2) is 5.14. The highest BCUT2D eigenvalue weighted by atomic mass is 32.1. The molecule has 6 heteroatoms. The van der Waals surface area contributed by atoms with Crippen LogP contribution in [0.3, 0.4) is 0 Å². The zero-order valence-electron chi connectivity index (χ0n) is 13.0. The van der Waals surface area contributed by atoms with E-state index in [2.05, 4.69) is 4.98 Å². The molecule has 122 valence electrons. The van der Waals surface area contributed by atoms with E-state index in [9.17, 15) is 9.18 Å². The number of hydrogen-bond acceptors (Lipinski definition) is 3. The van der Waals surface area contributed by atoms with E-state index in [1.807, 2.05) is 20.9 Å². The van der Waals surface area contributed by atoms with Crippen molar-refractivity contribution < 1.29 is 9.18 Å². The molecule has 3 heterocycles. The summed E-state index contributed by atoms with van der Waals surface area (Å²) in [6.07, 6.45) is 5.42. The van der Waals surface area contributed by atoms with Crippen LogP contribution in [0.4, 0.5) is 4.39 Å². The number of likely N-dealkylation sites (tertiary alicyclic amines) is 1. The third-order valence-electron chi connectivity index (χ3n) is 5.24. The lowest BCUT2D eigenvalue weighted by Gasteiger charge is -2.26. The molecule has 2 fully saturated rings. The van der Waals surface area contributed by atoms with Gasteiger partial charge in [0.15, 0.2) is 4.96 Å². The summed E-state index contributed by atoms with van der Waals surface area (Å²) < 4.78 is 15.0. The van der Waals surface area contributed by atoms with Gasteiger partial charge in [-0.25, -0.2) is 9.37 Å². The number of piperidine rings is 1. The molecule has 2 atom stereocenters. The summed E-state index contributed by atoms with van der Waals surface area (Å²) in [6.45, 7) is 0.889. The van der Waals surface area contributed by atoms with Crippen molar-refractivity contribution in [1.29, 1.82) is 0 Å². The van der Waals surface area contributed by atoms with Crippen molar-refractivity contribution >= 4 is 22.2 Å². The van der Waals surface area contributed by atoms with Gasteiger partial charge in [-0.15, -0.1) is 11.3 Å². The molecular weight excluding hydrogens is 325 g/mol. The monoisotopic (exact) mass is 341 g/mol. The number of imidazole rings is 1. The summed E-state index contributed by atoms with van der Waals surface area (Å²) in [5.41, 5.74) is 2.30. The molecule has 2 aliphatic rings. The molecule has 1 aliphatic carbocycles. The second-order valence-corrected chi connectivity index (χ2v) is 7.53. The molecule has 5 rings (SSSR count). The Morgan fingerprint density at radius 2 is 2.08 bits per heavy atom. The Balaban J connectivity index is 1.51. The minimum atomic E-state index is -0.264. The molecule has 24 heavy (non-hydrogen) atoms. The fraction of sp³-hybridized carbons (Fsp3) is 0.333. The number of fused-ring (bicyclic) bond motifs is 3. The number of carbonyl (C=O) groups excluding carboxylic acids is 1. The number of hydrogen-bond donors (Lipinski definition) is 0. The molecule has 0 unspecified atom stereocenters. The van der Waals surface area contributed by atoms with Crippen molar-refractivity contribution in [1.82, 2.24) is 14.3 Å². The molecule has 3 aromatic rings.